The first-order valence-corrected chi connectivity index (χ1v) is 6.10. The Morgan fingerprint density at radius 2 is 2.06 bits per heavy atom. The molecule has 0 amide bonds. The van der Waals surface area contributed by atoms with Gasteiger partial charge in [0.05, 0.1) is 0 Å². The van der Waals surface area contributed by atoms with Crippen molar-refractivity contribution in [3.05, 3.63) is 59.4 Å². The fourth-order valence-electron chi connectivity index (χ4n) is 2.13. The van der Waals surface area contributed by atoms with Gasteiger partial charge in [0.15, 0.2) is 0 Å². The van der Waals surface area contributed by atoms with Gasteiger partial charge in [0.2, 0.25) is 0 Å². The predicted molar refractivity (Wildman–Crippen MR) is 72.1 cm³/mol. The standard InChI is InChI=1S/C15H20N2/c1-12-5-3-6-14(9-12)11-17-8-4-7-15(17)10-13(2)16/h3-9,13H,10-11,16H2,1-2H3. The van der Waals surface area contributed by atoms with Crippen molar-refractivity contribution in [1.82, 2.24) is 4.57 Å². The van der Waals surface area contributed by atoms with Gasteiger partial charge in [-0.3, -0.25) is 0 Å². The second-order valence-corrected chi connectivity index (χ2v) is 4.80. The van der Waals surface area contributed by atoms with Gasteiger partial charge in [-0.25, -0.2) is 0 Å². The Morgan fingerprint density at radius 3 is 2.76 bits per heavy atom. The highest BCUT2D eigenvalue weighted by atomic mass is 15.0. The van der Waals surface area contributed by atoms with Gasteiger partial charge in [-0.1, -0.05) is 29.8 Å². The Kier molecular flexibility index (Phi) is 3.64. The van der Waals surface area contributed by atoms with Crippen molar-refractivity contribution >= 4 is 0 Å². The Labute approximate surface area is 103 Å². The highest BCUT2D eigenvalue weighted by Crippen LogP contribution is 2.11. The van der Waals surface area contributed by atoms with Gasteiger partial charge in [0.25, 0.3) is 0 Å². The first-order valence-electron chi connectivity index (χ1n) is 6.10. The highest BCUT2D eigenvalue weighted by Gasteiger charge is 2.04. The lowest BCUT2D eigenvalue weighted by molar-refractivity contribution is 0.666. The number of hydrogen-bond acceptors (Lipinski definition) is 1. The molecule has 2 aromatic rings. The van der Waals surface area contributed by atoms with E-state index in [9.17, 15) is 0 Å². The van der Waals surface area contributed by atoms with E-state index in [1.54, 1.807) is 0 Å². The summed E-state index contributed by atoms with van der Waals surface area (Å²) in [6, 6.07) is 13.1. The number of nitrogens with zero attached hydrogens (tertiary/aromatic N) is 1. The second kappa shape index (κ2) is 5.19. The molecule has 0 saturated carbocycles. The zero-order valence-electron chi connectivity index (χ0n) is 10.6. The van der Waals surface area contributed by atoms with Crippen molar-refractivity contribution in [2.24, 2.45) is 5.73 Å². The van der Waals surface area contributed by atoms with Crippen LogP contribution >= 0.6 is 0 Å². The molecule has 1 heterocycles. The van der Waals surface area contributed by atoms with Crippen LogP contribution in [0.5, 0.6) is 0 Å². The van der Waals surface area contributed by atoms with Crippen molar-refractivity contribution in [1.29, 1.82) is 0 Å². The van der Waals surface area contributed by atoms with Crippen molar-refractivity contribution < 1.29 is 0 Å². The smallest absolute Gasteiger partial charge is 0.0472 e. The van der Waals surface area contributed by atoms with Gasteiger partial charge in [-0.15, -0.1) is 0 Å². The topological polar surface area (TPSA) is 30.9 Å². The molecule has 0 aliphatic heterocycles. The van der Waals surface area contributed by atoms with Crippen LogP contribution in [-0.2, 0) is 13.0 Å². The summed E-state index contributed by atoms with van der Waals surface area (Å²) in [5, 5.41) is 0. The van der Waals surface area contributed by atoms with E-state index in [0.717, 1.165) is 13.0 Å². The minimum Gasteiger partial charge on any atom is -0.347 e. The van der Waals surface area contributed by atoms with Crippen molar-refractivity contribution in [2.75, 3.05) is 0 Å². The summed E-state index contributed by atoms with van der Waals surface area (Å²) in [4.78, 5) is 0. The van der Waals surface area contributed by atoms with Gasteiger partial charge in [0, 0.05) is 30.9 Å². The molecule has 17 heavy (non-hydrogen) atoms. The molecule has 1 atom stereocenters. The zero-order valence-corrected chi connectivity index (χ0v) is 10.6. The average Bonchev–Trinajstić information content (AvgIpc) is 2.65. The summed E-state index contributed by atoms with van der Waals surface area (Å²) in [5.41, 5.74) is 9.81. The normalized spacial score (nSPS) is 12.6. The van der Waals surface area contributed by atoms with E-state index in [1.807, 2.05) is 6.92 Å². The number of aryl methyl sites for hydroxylation is 1. The fraction of sp³-hybridized carbons (Fsp3) is 0.333. The van der Waals surface area contributed by atoms with Crippen LogP contribution in [0.4, 0.5) is 0 Å². The fourth-order valence-corrected chi connectivity index (χ4v) is 2.13. The molecule has 0 spiro atoms. The number of rotatable bonds is 4. The molecule has 1 aromatic heterocycles. The molecular formula is C15H20N2. The zero-order chi connectivity index (χ0) is 12.3. The molecule has 0 aliphatic carbocycles. The number of nitrogens with two attached hydrogens (primary N) is 1. The van der Waals surface area contributed by atoms with E-state index < -0.39 is 0 Å². The van der Waals surface area contributed by atoms with Gasteiger partial charge in [-0.2, -0.15) is 0 Å². The molecule has 0 fully saturated rings. The summed E-state index contributed by atoms with van der Waals surface area (Å²) in [5.74, 6) is 0. The van der Waals surface area contributed by atoms with E-state index in [1.165, 1.54) is 16.8 Å². The first-order chi connectivity index (χ1) is 8.15. The average molecular weight is 228 g/mol. The van der Waals surface area contributed by atoms with Crippen LogP contribution in [0.25, 0.3) is 0 Å². The summed E-state index contributed by atoms with van der Waals surface area (Å²) in [6.45, 7) is 5.10. The van der Waals surface area contributed by atoms with Crippen molar-refractivity contribution in [2.45, 2.75) is 32.9 Å². The van der Waals surface area contributed by atoms with E-state index in [0.29, 0.717) is 0 Å². The maximum atomic E-state index is 5.86. The molecule has 0 bridgehead atoms. The third-order valence-corrected chi connectivity index (χ3v) is 2.89. The SMILES string of the molecule is Cc1cccc(Cn2cccc2CC(C)N)c1. The maximum absolute atomic E-state index is 5.86. The first kappa shape index (κ1) is 11.9. The molecule has 2 nitrogen and oxygen atoms in total. The molecule has 2 heteroatoms. The Balaban J connectivity index is 2.16. The van der Waals surface area contributed by atoms with Crippen LogP contribution in [0, 0.1) is 6.92 Å². The molecule has 0 aliphatic rings. The van der Waals surface area contributed by atoms with E-state index in [4.69, 9.17) is 5.73 Å². The van der Waals surface area contributed by atoms with E-state index in [-0.39, 0.29) is 6.04 Å². The van der Waals surface area contributed by atoms with Gasteiger partial charge >= 0.3 is 0 Å². The number of benzene rings is 1. The molecule has 90 valence electrons. The predicted octanol–water partition coefficient (Wildman–Crippen LogP) is 2.73. The maximum Gasteiger partial charge on any atom is 0.0472 e. The van der Waals surface area contributed by atoms with Gasteiger partial charge in [-0.05, 0) is 31.5 Å². The minimum absolute atomic E-state index is 0.209. The van der Waals surface area contributed by atoms with Crippen LogP contribution in [0.2, 0.25) is 0 Å². The quantitative estimate of drug-likeness (QED) is 0.857. The van der Waals surface area contributed by atoms with Crippen LogP contribution in [0.3, 0.4) is 0 Å². The van der Waals surface area contributed by atoms with Gasteiger partial charge < -0.3 is 10.3 Å². The number of aromatic nitrogens is 1. The lowest BCUT2D eigenvalue weighted by Crippen LogP contribution is -2.20. The van der Waals surface area contributed by atoms with Crippen LogP contribution < -0.4 is 5.73 Å². The third kappa shape index (κ3) is 3.21. The number of hydrogen-bond donors (Lipinski definition) is 1. The summed E-state index contributed by atoms with van der Waals surface area (Å²) in [7, 11) is 0. The van der Waals surface area contributed by atoms with Crippen molar-refractivity contribution in [3.8, 4) is 0 Å². The molecule has 1 unspecified atom stereocenters. The lowest BCUT2D eigenvalue weighted by atomic mass is 10.1. The van der Waals surface area contributed by atoms with E-state index in [2.05, 4.69) is 54.1 Å². The lowest BCUT2D eigenvalue weighted by Gasteiger charge is -2.11. The second-order valence-electron chi connectivity index (χ2n) is 4.80. The molecular weight excluding hydrogens is 208 g/mol. The summed E-state index contributed by atoms with van der Waals surface area (Å²) >= 11 is 0. The Hall–Kier alpha value is -1.54. The summed E-state index contributed by atoms with van der Waals surface area (Å²) in [6.07, 6.45) is 3.05. The Bertz CT molecular complexity index is 483. The van der Waals surface area contributed by atoms with E-state index >= 15 is 0 Å². The van der Waals surface area contributed by atoms with Gasteiger partial charge in [0.1, 0.15) is 0 Å². The molecule has 1 aromatic carbocycles. The summed E-state index contributed by atoms with van der Waals surface area (Å²) < 4.78 is 2.28. The van der Waals surface area contributed by atoms with Crippen LogP contribution in [0.15, 0.2) is 42.6 Å². The van der Waals surface area contributed by atoms with Crippen LogP contribution in [0.1, 0.15) is 23.7 Å². The Morgan fingerprint density at radius 1 is 1.24 bits per heavy atom. The molecule has 0 saturated heterocycles. The molecule has 2 N–H and O–H groups in total. The molecule has 0 radical (unpaired) electrons. The molecule has 2 rings (SSSR count). The third-order valence-electron chi connectivity index (χ3n) is 2.89. The highest BCUT2D eigenvalue weighted by molar-refractivity contribution is 5.23. The minimum atomic E-state index is 0.209. The van der Waals surface area contributed by atoms with Crippen molar-refractivity contribution in [3.63, 3.8) is 0 Å². The monoisotopic (exact) mass is 228 g/mol. The van der Waals surface area contributed by atoms with Crippen LogP contribution in [-0.4, -0.2) is 10.6 Å². The largest absolute Gasteiger partial charge is 0.347 e.